The van der Waals surface area contributed by atoms with Gasteiger partial charge in [0.1, 0.15) is 0 Å². The Kier molecular flexibility index (Phi) is 3.40. The summed E-state index contributed by atoms with van der Waals surface area (Å²) in [5.41, 5.74) is 1.75. The highest BCUT2D eigenvalue weighted by Crippen LogP contribution is 2.27. The van der Waals surface area contributed by atoms with Gasteiger partial charge in [-0.05, 0) is 40.9 Å². The second kappa shape index (κ2) is 4.98. The van der Waals surface area contributed by atoms with Crippen molar-refractivity contribution in [3.63, 3.8) is 0 Å². The third kappa shape index (κ3) is 2.45. The summed E-state index contributed by atoms with van der Waals surface area (Å²) in [5.74, 6) is -0.208. The monoisotopic (exact) mass is 245 g/mol. The molecule has 0 radical (unpaired) electrons. The Morgan fingerprint density at radius 2 is 2.35 bits per heavy atom. The number of nitrogens with zero attached hydrogens (tertiary/aromatic N) is 1. The standard InChI is InChI=1S/C13H11NO2S/c1-16-13(15)5-3-10-8-17-12-4-2-9(7-14)6-11(10)12/h2,4,6,8H,3,5H2,1H3. The van der Waals surface area contributed by atoms with Crippen molar-refractivity contribution in [3.8, 4) is 6.07 Å². The average molecular weight is 245 g/mol. The molecule has 1 aromatic heterocycles. The van der Waals surface area contributed by atoms with Gasteiger partial charge in [0.2, 0.25) is 0 Å². The number of aryl methyl sites for hydroxylation is 1. The van der Waals surface area contributed by atoms with Gasteiger partial charge in [-0.1, -0.05) is 0 Å². The zero-order valence-electron chi connectivity index (χ0n) is 9.40. The Labute approximate surface area is 103 Å². The summed E-state index contributed by atoms with van der Waals surface area (Å²) in [4.78, 5) is 11.1. The van der Waals surface area contributed by atoms with E-state index in [1.807, 2.05) is 23.6 Å². The first-order chi connectivity index (χ1) is 8.24. The molecule has 86 valence electrons. The molecule has 3 nitrogen and oxygen atoms in total. The maximum absolute atomic E-state index is 11.1. The summed E-state index contributed by atoms with van der Waals surface area (Å²) in [6.07, 6.45) is 1.03. The quantitative estimate of drug-likeness (QED) is 0.781. The summed E-state index contributed by atoms with van der Waals surface area (Å²) in [5, 5.41) is 12.0. The predicted octanol–water partition coefficient (Wildman–Crippen LogP) is 2.88. The van der Waals surface area contributed by atoms with Crippen LogP contribution in [0, 0.1) is 11.3 Å². The first kappa shape index (κ1) is 11.6. The number of hydrogen-bond donors (Lipinski definition) is 0. The number of hydrogen-bond acceptors (Lipinski definition) is 4. The van der Waals surface area contributed by atoms with Gasteiger partial charge < -0.3 is 4.74 Å². The van der Waals surface area contributed by atoms with Crippen molar-refractivity contribution in [1.29, 1.82) is 5.26 Å². The van der Waals surface area contributed by atoms with Crippen molar-refractivity contribution < 1.29 is 9.53 Å². The smallest absolute Gasteiger partial charge is 0.305 e. The molecule has 1 heterocycles. The molecule has 0 aliphatic rings. The molecular formula is C13H11NO2S. The van der Waals surface area contributed by atoms with E-state index in [-0.39, 0.29) is 5.97 Å². The number of nitriles is 1. The number of rotatable bonds is 3. The van der Waals surface area contributed by atoms with Gasteiger partial charge >= 0.3 is 5.97 Å². The van der Waals surface area contributed by atoms with E-state index in [9.17, 15) is 4.79 Å². The third-order valence-corrected chi connectivity index (χ3v) is 3.62. The Hall–Kier alpha value is -1.86. The fourth-order valence-corrected chi connectivity index (χ4v) is 2.66. The van der Waals surface area contributed by atoms with Crippen molar-refractivity contribution >= 4 is 27.4 Å². The summed E-state index contributed by atoms with van der Waals surface area (Å²) >= 11 is 1.63. The van der Waals surface area contributed by atoms with Crippen molar-refractivity contribution in [1.82, 2.24) is 0 Å². The molecule has 0 saturated heterocycles. The van der Waals surface area contributed by atoms with Gasteiger partial charge in [-0.2, -0.15) is 5.26 Å². The second-order valence-electron chi connectivity index (χ2n) is 3.66. The molecular weight excluding hydrogens is 234 g/mol. The fourth-order valence-electron chi connectivity index (χ4n) is 1.68. The normalized spacial score (nSPS) is 10.1. The lowest BCUT2D eigenvalue weighted by atomic mass is 10.1. The number of esters is 1. The number of ether oxygens (including phenoxy) is 1. The minimum Gasteiger partial charge on any atom is -0.469 e. The Morgan fingerprint density at radius 3 is 3.06 bits per heavy atom. The number of carbonyl (C=O) groups excluding carboxylic acids is 1. The molecule has 0 aliphatic carbocycles. The van der Waals surface area contributed by atoms with Crippen molar-refractivity contribution in [2.45, 2.75) is 12.8 Å². The van der Waals surface area contributed by atoms with Crippen LogP contribution in [-0.4, -0.2) is 13.1 Å². The molecule has 0 amide bonds. The van der Waals surface area contributed by atoms with E-state index >= 15 is 0 Å². The zero-order chi connectivity index (χ0) is 12.3. The van der Waals surface area contributed by atoms with Crippen LogP contribution < -0.4 is 0 Å². The van der Waals surface area contributed by atoms with E-state index < -0.39 is 0 Å². The third-order valence-electron chi connectivity index (χ3n) is 2.61. The van der Waals surface area contributed by atoms with Crippen molar-refractivity contribution in [2.24, 2.45) is 0 Å². The number of thiophene rings is 1. The summed E-state index contributed by atoms with van der Waals surface area (Å²) < 4.78 is 5.76. The molecule has 0 unspecified atom stereocenters. The zero-order valence-corrected chi connectivity index (χ0v) is 10.2. The Morgan fingerprint density at radius 1 is 1.53 bits per heavy atom. The summed E-state index contributed by atoms with van der Waals surface area (Å²) in [6, 6.07) is 7.75. The number of methoxy groups -OCH3 is 1. The molecule has 0 atom stereocenters. The first-order valence-electron chi connectivity index (χ1n) is 5.21. The van der Waals surface area contributed by atoms with E-state index in [2.05, 4.69) is 10.8 Å². The summed E-state index contributed by atoms with van der Waals surface area (Å²) in [6.45, 7) is 0. The first-order valence-corrected chi connectivity index (χ1v) is 6.09. The van der Waals surface area contributed by atoms with Crippen LogP contribution in [0.25, 0.3) is 10.1 Å². The van der Waals surface area contributed by atoms with E-state index in [0.29, 0.717) is 18.4 Å². The van der Waals surface area contributed by atoms with Gasteiger partial charge in [0.25, 0.3) is 0 Å². The van der Waals surface area contributed by atoms with Crippen molar-refractivity contribution in [3.05, 3.63) is 34.7 Å². The van der Waals surface area contributed by atoms with Gasteiger partial charge in [0.15, 0.2) is 0 Å². The lowest BCUT2D eigenvalue weighted by Crippen LogP contribution is -2.01. The highest BCUT2D eigenvalue weighted by atomic mass is 32.1. The SMILES string of the molecule is COC(=O)CCc1csc2ccc(C#N)cc12. The van der Waals surface area contributed by atoms with Gasteiger partial charge in [-0.3, -0.25) is 4.79 Å². The van der Waals surface area contributed by atoms with Crippen LogP contribution >= 0.6 is 11.3 Å². The van der Waals surface area contributed by atoms with Crippen LogP contribution in [0.1, 0.15) is 17.5 Å². The largest absolute Gasteiger partial charge is 0.469 e. The fraction of sp³-hybridized carbons (Fsp3) is 0.231. The molecule has 2 aromatic rings. The van der Waals surface area contributed by atoms with Crippen LogP contribution in [0.5, 0.6) is 0 Å². The Balaban J connectivity index is 2.28. The molecule has 0 saturated carbocycles. The Bertz CT molecular complexity index is 595. The molecule has 1 aromatic carbocycles. The van der Waals surface area contributed by atoms with E-state index in [1.165, 1.54) is 7.11 Å². The highest BCUT2D eigenvalue weighted by molar-refractivity contribution is 7.17. The lowest BCUT2D eigenvalue weighted by Gasteiger charge is -1.99. The van der Waals surface area contributed by atoms with Crippen LogP contribution in [-0.2, 0) is 16.0 Å². The average Bonchev–Trinajstić information content (AvgIpc) is 2.78. The molecule has 0 N–H and O–H groups in total. The second-order valence-corrected chi connectivity index (χ2v) is 4.57. The molecule has 4 heteroatoms. The maximum atomic E-state index is 11.1. The topological polar surface area (TPSA) is 50.1 Å². The van der Waals surface area contributed by atoms with E-state index in [4.69, 9.17) is 5.26 Å². The molecule has 0 fully saturated rings. The minimum atomic E-state index is -0.208. The van der Waals surface area contributed by atoms with Gasteiger partial charge in [-0.25, -0.2) is 0 Å². The molecule has 17 heavy (non-hydrogen) atoms. The van der Waals surface area contributed by atoms with Gasteiger partial charge in [0, 0.05) is 11.1 Å². The molecule has 0 aliphatic heterocycles. The van der Waals surface area contributed by atoms with Crippen LogP contribution in [0.15, 0.2) is 23.6 Å². The summed E-state index contributed by atoms with van der Waals surface area (Å²) in [7, 11) is 1.39. The number of carbonyl (C=O) groups is 1. The van der Waals surface area contributed by atoms with Gasteiger partial charge in [-0.15, -0.1) is 11.3 Å². The van der Waals surface area contributed by atoms with E-state index in [1.54, 1.807) is 11.3 Å². The van der Waals surface area contributed by atoms with E-state index in [0.717, 1.165) is 15.6 Å². The van der Waals surface area contributed by atoms with Crippen LogP contribution in [0.2, 0.25) is 0 Å². The lowest BCUT2D eigenvalue weighted by molar-refractivity contribution is -0.140. The molecule has 0 spiro atoms. The van der Waals surface area contributed by atoms with Crippen molar-refractivity contribution in [2.75, 3.05) is 7.11 Å². The highest BCUT2D eigenvalue weighted by Gasteiger charge is 2.07. The van der Waals surface area contributed by atoms with Gasteiger partial charge in [0.05, 0.1) is 18.7 Å². The minimum absolute atomic E-state index is 0.208. The predicted molar refractivity (Wildman–Crippen MR) is 66.9 cm³/mol. The molecule has 2 rings (SSSR count). The number of benzene rings is 1. The maximum Gasteiger partial charge on any atom is 0.305 e. The van der Waals surface area contributed by atoms with Crippen LogP contribution in [0.3, 0.4) is 0 Å². The molecule has 0 bridgehead atoms. The van der Waals surface area contributed by atoms with Crippen LogP contribution in [0.4, 0.5) is 0 Å². The number of fused-ring (bicyclic) bond motifs is 1.